The summed E-state index contributed by atoms with van der Waals surface area (Å²) in [4.78, 5) is 24.6. The van der Waals surface area contributed by atoms with E-state index < -0.39 is 12.0 Å². The van der Waals surface area contributed by atoms with Gasteiger partial charge in [-0.2, -0.15) is 5.10 Å². The first-order chi connectivity index (χ1) is 14.3. The zero-order valence-electron chi connectivity index (χ0n) is 16.3. The van der Waals surface area contributed by atoms with Crippen molar-refractivity contribution in [2.24, 2.45) is 0 Å². The molecular formula is C22H19BrN4O3. The molecule has 0 saturated carbocycles. The van der Waals surface area contributed by atoms with Crippen LogP contribution in [0.15, 0.2) is 64.9 Å². The molecule has 1 aliphatic rings. The van der Waals surface area contributed by atoms with E-state index in [1.165, 1.54) is 6.20 Å². The average molecular weight is 467 g/mol. The first-order valence-corrected chi connectivity index (χ1v) is 10.1. The number of hydrogen-bond acceptors (Lipinski definition) is 4. The van der Waals surface area contributed by atoms with Crippen molar-refractivity contribution < 1.29 is 14.7 Å². The van der Waals surface area contributed by atoms with Gasteiger partial charge in [-0.1, -0.05) is 34.1 Å². The second-order valence-corrected chi connectivity index (χ2v) is 8.03. The van der Waals surface area contributed by atoms with Crippen molar-refractivity contribution in [2.75, 3.05) is 10.6 Å². The fourth-order valence-electron chi connectivity index (χ4n) is 3.33. The summed E-state index contributed by atoms with van der Waals surface area (Å²) in [5, 5.41) is 19.6. The number of allylic oxidation sites excluding steroid dienone is 1. The molecule has 1 atom stereocenters. The molecule has 7 nitrogen and oxygen atoms in total. The first-order valence-electron chi connectivity index (χ1n) is 9.27. The largest absolute Gasteiger partial charge is 0.477 e. The summed E-state index contributed by atoms with van der Waals surface area (Å²) in [6.45, 7) is 3.97. The number of hydrogen-bond donors (Lipinski definition) is 3. The van der Waals surface area contributed by atoms with Crippen LogP contribution in [0.3, 0.4) is 0 Å². The Labute approximate surface area is 181 Å². The van der Waals surface area contributed by atoms with Gasteiger partial charge in [-0.25, -0.2) is 9.48 Å². The minimum Gasteiger partial charge on any atom is -0.477 e. The van der Waals surface area contributed by atoms with Gasteiger partial charge in [-0.3, -0.25) is 4.79 Å². The molecule has 0 unspecified atom stereocenters. The van der Waals surface area contributed by atoms with Crippen LogP contribution in [0.25, 0.3) is 0 Å². The Balaban J connectivity index is 1.71. The van der Waals surface area contributed by atoms with E-state index in [1.54, 1.807) is 10.8 Å². The van der Waals surface area contributed by atoms with Gasteiger partial charge in [0.1, 0.15) is 17.1 Å². The summed E-state index contributed by atoms with van der Waals surface area (Å²) < 4.78 is 2.48. The van der Waals surface area contributed by atoms with Crippen LogP contribution < -0.4 is 10.6 Å². The van der Waals surface area contributed by atoms with Gasteiger partial charge < -0.3 is 15.7 Å². The lowest BCUT2D eigenvalue weighted by molar-refractivity contribution is -0.132. The maximum absolute atomic E-state index is 12.9. The number of anilines is 2. The van der Waals surface area contributed by atoms with Crippen molar-refractivity contribution in [3.8, 4) is 0 Å². The molecule has 0 fully saturated rings. The average Bonchev–Trinajstić information content (AvgIpc) is 3.14. The Morgan fingerprint density at radius 3 is 2.67 bits per heavy atom. The molecule has 0 spiro atoms. The van der Waals surface area contributed by atoms with Crippen molar-refractivity contribution in [1.29, 1.82) is 0 Å². The Bertz CT molecular complexity index is 1200. The molecule has 3 N–H and O–H groups in total. The van der Waals surface area contributed by atoms with E-state index in [-0.39, 0.29) is 17.2 Å². The topological polar surface area (TPSA) is 96.3 Å². The van der Waals surface area contributed by atoms with Crippen LogP contribution in [0.2, 0.25) is 0 Å². The molecule has 8 heteroatoms. The summed E-state index contributed by atoms with van der Waals surface area (Å²) >= 11 is 3.44. The number of fused-ring (bicyclic) bond motifs is 1. The number of amides is 1. The number of nitrogens with zero attached hydrogens (tertiary/aromatic N) is 2. The Kier molecular flexibility index (Phi) is 5.17. The molecule has 0 aliphatic carbocycles. The van der Waals surface area contributed by atoms with Gasteiger partial charge in [0, 0.05) is 10.2 Å². The minimum atomic E-state index is -1.11. The molecule has 30 heavy (non-hydrogen) atoms. The quantitative estimate of drug-likeness (QED) is 0.525. The summed E-state index contributed by atoms with van der Waals surface area (Å²) in [6, 6.07) is 12.7. The second-order valence-electron chi connectivity index (χ2n) is 7.11. The zero-order valence-corrected chi connectivity index (χ0v) is 17.9. The molecule has 0 bridgehead atoms. The van der Waals surface area contributed by atoms with Gasteiger partial charge in [0.2, 0.25) is 0 Å². The standard InChI is InChI=1S/C22H19BrN4O3/c1-12-6-7-16(8-13(12)2)25-21(28)17-11-24-27-19(14-4-3-5-15(23)9-14)10-18(22(29)30)26-20(17)27/h3-11,19,26H,1-2H3,(H,25,28)(H,29,30)/t19-/m1/s1. The predicted molar refractivity (Wildman–Crippen MR) is 118 cm³/mol. The van der Waals surface area contributed by atoms with Crippen molar-refractivity contribution in [2.45, 2.75) is 19.9 Å². The number of aliphatic carboxylic acids is 1. The second kappa shape index (κ2) is 7.79. The minimum absolute atomic E-state index is 0.00629. The fraction of sp³-hybridized carbons (Fsp3) is 0.136. The summed E-state index contributed by atoms with van der Waals surface area (Å²) in [6.07, 6.45) is 3.03. The molecule has 2 aromatic carbocycles. The number of aromatic nitrogens is 2. The summed E-state index contributed by atoms with van der Waals surface area (Å²) in [5.74, 6) is -1.14. The maximum Gasteiger partial charge on any atom is 0.352 e. The van der Waals surface area contributed by atoms with E-state index in [9.17, 15) is 14.7 Å². The number of rotatable bonds is 4. The van der Waals surface area contributed by atoms with E-state index in [4.69, 9.17) is 0 Å². The predicted octanol–water partition coefficient (Wildman–Crippen LogP) is 4.50. The third-order valence-electron chi connectivity index (χ3n) is 5.07. The zero-order chi connectivity index (χ0) is 21.4. The van der Waals surface area contributed by atoms with Crippen LogP contribution in [0.4, 0.5) is 11.5 Å². The van der Waals surface area contributed by atoms with Gasteiger partial charge in [0.15, 0.2) is 0 Å². The molecular weight excluding hydrogens is 448 g/mol. The van der Waals surface area contributed by atoms with Gasteiger partial charge in [0.25, 0.3) is 5.91 Å². The van der Waals surface area contributed by atoms with Crippen molar-refractivity contribution in [1.82, 2.24) is 9.78 Å². The monoisotopic (exact) mass is 466 g/mol. The smallest absolute Gasteiger partial charge is 0.352 e. The van der Waals surface area contributed by atoms with Gasteiger partial charge >= 0.3 is 5.97 Å². The number of nitrogens with one attached hydrogen (secondary N) is 2. The third-order valence-corrected chi connectivity index (χ3v) is 5.56. The van der Waals surface area contributed by atoms with E-state index >= 15 is 0 Å². The first kappa shape index (κ1) is 19.9. The Hall–Kier alpha value is -3.39. The highest BCUT2D eigenvalue weighted by Gasteiger charge is 2.29. The number of benzene rings is 2. The van der Waals surface area contributed by atoms with E-state index in [0.717, 1.165) is 21.2 Å². The number of carboxylic acids is 1. The Morgan fingerprint density at radius 1 is 1.17 bits per heavy atom. The lowest BCUT2D eigenvalue weighted by atomic mass is 10.0. The van der Waals surface area contributed by atoms with Crippen molar-refractivity contribution in [3.63, 3.8) is 0 Å². The number of carbonyl (C=O) groups excluding carboxylic acids is 1. The number of aryl methyl sites for hydroxylation is 2. The molecule has 0 saturated heterocycles. The van der Waals surface area contributed by atoms with Crippen LogP contribution in [0, 0.1) is 13.8 Å². The van der Waals surface area contributed by atoms with Crippen LogP contribution in [-0.2, 0) is 4.79 Å². The van der Waals surface area contributed by atoms with Crippen molar-refractivity contribution >= 4 is 39.3 Å². The number of halogens is 1. The highest BCUT2D eigenvalue weighted by molar-refractivity contribution is 9.10. The molecule has 4 rings (SSSR count). The van der Waals surface area contributed by atoms with E-state index in [2.05, 4.69) is 31.7 Å². The Morgan fingerprint density at radius 2 is 1.97 bits per heavy atom. The molecule has 152 valence electrons. The lowest BCUT2D eigenvalue weighted by Gasteiger charge is -2.24. The van der Waals surface area contributed by atoms with Crippen LogP contribution in [0.1, 0.15) is 33.1 Å². The van der Waals surface area contributed by atoms with Crippen LogP contribution in [0.5, 0.6) is 0 Å². The molecule has 1 amide bonds. The molecule has 1 aliphatic heterocycles. The van der Waals surface area contributed by atoms with E-state index in [1.807, 2.05) is 56.3 Å². The summed E-state index contributed by atoms with van der Waals surface area (Å²) in [5.41, 5.74) is 3.96. The lowest BCUT2D eigenvalue weighted by Crippen LogP contribution is -2.25. The third kappa shape index (κ3) is 3.73. The number of carboxylic acid groups (broad SMARTS) is 1. The van der Waals surface area contributed by atoms with Crippen LogP contribution in [-0.4, -0.2) is 26.8 Å². The van der Waals surface area contributed by atoms with Gasteiger partial charge in [-0.15, -0.1) is 0 Å². The van der Waals surface area contributed by atoms with Crippen LogP contribution >= 0.6 is 15.9 Å². The molecule has 0 radical (unpaired) electrons. The normalized spacial score (nSPS) is 15.0. The fourth-order valence-corrected chi connectivity index (χ4v) is 3.75. The number of carbonyl (C=O) groups is 2. The maximum atomic E-state index is 12.9. The van der Waals surface area contributed by atoms with Crippen molar-refractivity contribution in [3.05, 3.63) is 87.2 Å². The highest BCUT2D eigenvalue weighted by atomic mass is 79.9. The van der Waals surface area contributed by atoms with Gasteiger partial charge in [-0.05, 0) is 60.9 Å². The summed E-state index contributed by atoms with van der Waals surface area (Å²) in [7, 11) is 0. The molecule has 1 aromatic heterocycles. The van der Waals surface area contributed by atoms with Gasteiger partial charge in [0.05, 0.1) is 12.2 Å². The van der Waals surface area contributed by atoms with E-state index in [0.29, 0.717) is 11.5 Å². The molecule has 2 heterocycles. The molecule has 3 aromatic rings. The SMILES string of the molecule is Cc1ccc(NC(=O)c2cnn3c2NC(C(=O)O)=C[C@@H]3c2cccc(Br)c2)cc1C. The highest BCUT2D eigenvalue weighted by Crippen LogP contribution is 2.33.